The number of H-pyrrole nitrogens is 1. The summed E-state index contributed by atoms with van der Waals surface area (Å²) in [5.41, 5.74) is -0.249. The highest BCUT2D eigenvalue weighted by Gasteiger charge is 2.20. The predicted octanol–water partition coefficient (Wildman–Crippen LogP) is 3.02. The Morgan fingerprint density at radius 1 is 1.29 bits per heavy atom. The number of nitrogens with one attached hydrogen (secondary N) is 1. The van der Waals surface area contributed by atoms with Gasteiger partial charge in [-0.2, -0.15) is 5.26 Å². The Kier molecular flexibility index (Phi) is 7.72. The molecule has 1 aromatic heterocycles. The van der Waals surface area contributed by atoms with Gasteiger partial charge < -0.3 is 19.2 Å². The van der Waals surface area contributed by atoms with Crippen molar-refractivity contribution >= 4 is 29.3 Å². The van der Waals surface area contributed by atoms with Crippen LogP contribution in [0, 0.1) is 11.3 Å². The Labute approximate surface area is 170 Å². The molecule has 0 unspecified atom stereocenters. The van der Waals surface area contributed by atoms with E-state index < -0.39 is 11.5 Å². The van der Waals surface area contributed by atoms with E-state index in [0.717, 1.165) is 0 Å². The second-order valence-corrected chi connectivity index (χ2v) is 6.42. The molecule has 0 aliphatic carbocycles. The number of carbonyl (C=O) groups excluding carboxylic acids is 1. The molecule has 0 spiro atoms. The summed E-state index contributed by atoms with van der Waals surface area (Å²) in [5.74, 6) is -0.00208. The number of hydrogen-bond donors (Lipinski definition) is 1. The molecular formula is C18H18ClN3O5S. The quantitative estimate of drug-likeness (QED) is 0.391. The van der Waals surface area contributed by atoms with E-state index in [4.69, 9.17) is 25.8 Å². The largest absolute Gasteiger partial charge is 0.490 e. The van der Waals surface area contributed by atoms with Crippen LogP contribution in [-0.2, 0) is 9.53 Å². The Balaban J connectivity index is 2.54. The van der Waals surface area contributed by atoms with Gasteiger partial charge in [0.25, 0.3) is 5.56 Å². The van der Waals surface area contributed by atoms with Gasteiger partial charge in [-0.15, -0.1) is 0 Å². The number of benzene rings is 1. The minimum Gasteiger partial charge on any atom is -0.490 e. The molecule has 0 amide bonds. The Bertz CT molecular complexity index is 971. The number of aromatic amines is 1. The number of halogens is 1. The number of rotatable bonds is 8. The number of carbonyl (C=O) groups is 1. The van der Waals surface area contributed by atoms with Gasteiger partial charge in [-0.1, -0.05) is 23.4 Å². The van der Waals surface area contributed by atoms with E-state index in [0.29, 0.717) is 23.1 Å². The first-order valence-corrected chi connectivity index (χ1v) is 9.88. The molecule has 2 aromatic rings. The average Bonchev–Trinajstić information content (AvgIpc) is 2.67. The van der Waals surface area contributed by atoms with Crippen LogP contribution in [0.25, 0.3) is 11.3 Å². The maximum atomic E-state index is 12.2. The molecule has 0 aliphatic rings. The first-order chi connectivity index (χ1) is 13.4. The fraction of sp³-hybridized carbons (Fsp3) is 0.333. The number of hydrogen-bond acceptors (Lipinski definition) is 8. The van der Waals surface area contributed by atoms with Crippen molar-refractivity contribution in [2.24, 2.45) is 0 Å². The summed E-state index contributed by atoms with van der Waals surface area (Å²) in [7, 11) is 0. The Hall–Kier alpha value is -2.70. The summed E-state index contributed by atoms with van der Waals surface area (Å²) in [4.78, 5) is 30.6. The smallest absolute Gasteiger partial charge is 0.344 e. The summed E-state index contributed by atoms with van der Waals surface area (Å²) in [6.07, 6.45) is 1.74. The van der Waals surface area contributed by atoms with Gasteiger partial charge in [-0.3, -0.25) is 4.79 Å². The molecule has 0 radical (unpaired) electrons. The molecule has 28 heavy (non-hydrogen) atoms. The highest BCUT2D eigenvalue weighted by molar-refractivity contribution is 7.98. The van der Waals surface area contributed by atoms with Crippen LogP contribution in [0.1, 0.15) is 19.4 Å². The lowest BCUT2D eigenvalue weighted by molar-refractivity contribution is -0.145. The molecule has 0 aliphatic heterocycles. The standard InChI is InChI=1S/C18H18ClN3O5S/c1-4-25-13-6-10(12(19)7-14(13)27-9-15(23)26-5-2)16-11(8-20)17(24)22-18(21-16)28-3/h6-7H,4-5,9H2,1-3H3,(H,21,22,24). The van der Waals surface area contributed by atoms with Crippen LogP contribution >= 0.6 is 23.4 Å². The number of ether oxygens (including phenoxy) is 3. The Morgan fingerprint density at radius 3 is 2.61 bits per heavy atom. The van der Waals surface area contributed by atoms with Crippen molar-refractivity contribution in [1.29, 1.82) is 5.26 Å². The van der Waals surface area contributed by atoms with Crippen LogP contribution in [0.15, 0.2) is 22.1 Å². The molecule has 2 rings (SSSR count). The maximum absolute atomic E-state index is 12.2. The molecular weight excluding hydrogens is 406 g/mol. The zero-order valence-corrected chi connectivity index (χ0v) is 17.1. The van der Waals surface area contributed by atoms with Crippen LogP contribution in [0.3, 0.4) is 0 Å². The molecule has 1 N–H and O–H groups in total. The van der Waals surface area contributed by atoms with Crippen molar-refractivity contribution in [2.75, 3.05) is 26.1 Å². The molecule has 10 heteroatoms. The fourth-order valence-electron chi connectivity index (χ4n) is 2.28. The van der Waals surface area contributed by atoms with E-state index in [1.165, 1.54) is 23.9 Å². The van der Waals surface area contributed by atoms with Crippen LogP contribution in [0.5, 0.6) is 11.5 Å². The average molecular weight is 424 g/mol. The number of esters is 1. The summed E-state index contributed by atoms with van der Waals surface area (Å²) < 4.78 is 15.9. The predicted molar refractivity (Wildman–Crippen MR) is 105 cm³/mol. The van der Waals surface area contributed by atoms with E-state index in [1.54, 1.807) is 20.1 Å². The summed E-state index contributed by atoms with van der Waals surface area (Å²) in [6, 6.07) is 4.83. The fourth-order valence-corrected chi connectivity index (χ4v) is 2.91. The van der Waals surface area contributed by atoms with Crippen molar-refractivity contribution in [2.45, 2.75) is 19.0 Å². The van der Waals surface area contributed by atoms with Crippen molar-refractivity contribution in [3.8, 4) is 28.8 Å². The second-order valence-electron chi connectivity index (χ2n) is 5.22. The maximum Gasteiger partial charge on any atom is 0.344 e. The minimum absolute atomic E-state index is 0.137. The number of aromatic nitrogens is 2. The summed E-state index contributed by atoms with van der Waals surface area (Å²) in [6.45, 7) is 3.72. The van der Waals surface area contributed by atoms with Crippen LogP contribution < -0.4 is 15.0 Å². The number of nitrogens with zero attached hydrogens (tertiary/aromatic N) is 2. The zero-order valence-electron chi connectivity index (χ0n) is 15.5. The third-order valence-electron chi connectivity index (χ3n) is 3.44. The van der Waals surface area contributed by atoms with Gasteiger partial charge in [0, 0.05) is 11.6 Å². The lowest BCUT2D eigenvalue weighted by atomic mass is 10.1. The SMILES string of the molecule is CCOC(=O)COc1cc(Cl)c(-c2nc(SC)[nH]c(=O)c2C#N)cc1OCC. The molecule has 0 saturated heterocycles. The lowest BCUT2D eigenvalue weighted by Crippen LogP contribution is -2.16. The third-order valence-corrected chi connectivity index (χ3v) is 4.33. The van der Waals surface area contributed by atoms with Gasteiger partial charge in [-0.05, 0) is 26.2 Å². The van der Waals surface area contributed by atoms with E-state index in [2.05, 4.69) is 9.97 Å². The van der Waals surface area contributed by atoms with E-state index in [9.17, 15) is 14.9 Å². The molecule has 1 heterocycles. The van der Waals surface area contributed by atoms with E-state index in [1.807, 2.05) is 6.07 Å². The number of thioether (sulfide) groups is 1. The van der Waals surface area contributed by atoms with Crippen LogP contribution in [-0.4, -0.2) is 42.0 Å². The molecule has 0 bridgehead atoms. The van der Waals surface area contributed by atoms with Gasteiger partial charge in [0.15, 0.2) is 23.3 Å². The molecule has 0 fully saturated rings. The minimum atomic E-state index is -0.562. The van der Waals surface area contributed by atoms with Gasteiger partial charge in [0.2, 0.25) is 0 Å². The van der Waals surface area contributed by atoms with E-state index in [-0.39, 0.29) is 35.2 Å². The molecule has 8 nitrogen and oxygen atoms in total. The third kappa shape index (κ3) is 4.97. The highest BCUT2D eigenvalue weighted by atomic mass is 35.5. The van der Waals surface area contributed by atoms with Crippen LogP contribution in [0.2, 0.25) is 5.02 Å². The summed E-state index contributed by atoms with van der Waals surface area (Å²) >= 11 is 7.59. The zero-order chi connectivity index (χ0) is 20.7. The van der Waals surface area contributed by atoms with Gasteiger partial charge in [0.05, 0.1) is 23.9 Å². The molecule has 0 saturated carbocycles. The van der Waals surface area contributed by atoms with Gasteiger partial charge >= 0.3 is 5.97 Å². The number of nitriles is 1. The van der Waals surface area contributed by atoms with Gasteiger partial charge in [0.1, 0.15) is 11.6 Å². The molecule has 1 aromatic carbocycles. The monoisotopic (exact) mass is 423 g/mol. The van der Waals surface area contributed by atoms with Gasteiger partial charge in [-0.25, -0.2) is 9.78 Å². The van der Waals surface area contributed by atoms with Crippen LogP contribution in [0.4, 0.5) is 0 Å². The highest BCUT2D eigenvalue weighted by Crippen LogP contribution is 2.39. The molecule has 148 valence electrons. The van der Waals surface area contributed by atoms with E-state index >= 15 is 0 Å². The van der Waals surface area contributed by atoms with Crippen molar-refractivity contribution in [3.05, 3.63) is 33.1 Å². The normalized spacial score (nSPS) is 10.2. The van der Waals surface area contributed by atoms with Crippen molar-refractivity contribution < 1.29 is 19.0 Å². The van der Waals surface area contributed by atoms with Crippen molar-refractivity contribution in [3.63, 3.8) is 0 Å². The second kappa shape index (κ2) is 10.0. The van der Waals surface area contributed by atoms with Crippen molar-refractivity contribution in [1.82, 2.24) is 9.97 Å². The first kappa shape index (κ1) is 21.6. The topological polar surface area (TPSA) is 114 Å². The first-order valence-electron chi connectivity index (χ1n) is 8.28. The molecule has 0 atom stereocenters. The Morgan fingerprint density at radius 2 is 2.00 bits per heavy atom. The summed E-state index contributed by atoms with van der Waals surface area (Å²) in [5, 5.41) is 9.90. The lowest BCUT2D eigenvalue weighted by Gasteiger charge is -2.15.